The third-order valence-electron chi connectivity index (χ3n) is 4.13. The Morgan fingerprint density at radius 3 is 2.60 bits per heavy atom. The van der Waals surface area contributed by atoms with Crippen LogP contribution in [0.3, 0.4) is 0 Å². The predicted octanol–water partition coefficient (Wildman–Crippen LogP) is 3.92. The van der Waals surface area contributed by atoms with Crippen LogP contribution < -0.4 is 16.0 Å². The zero-order chi connectivity index (χ0) is 21.4. The van der Waals surface area contributed by atoms with Crippen LogP contribution in [-0.4, -0.2) is 19.7 Å². The second-order valence-corrected chi connectivity index (χ2v) is 6.78. The first kappa shape index (κ1) is 19.3. The van der Waals surface area contributed by atoms with Gasteiger partial charge >= 0.3 is 5.69 Å². The molecule has 2 heterocycles. The highest BCUT2D eigenvalue weighted by Crippen LogP contribution is 2.39. The van der Waals surface area contributed by atoms with Crippen molar-refractivity contribution in [2.45, 2.75) is 0 Å². The summed E-state index contributed by atoms with van der Waals surface area (Å²) in [5.74, 6) is 0.522. The fraction of sp³-hybridized carbons (Fsp3) is 0. The van der Waals surface area contributed by atoms with Crippen LogP contribution in [-0.2, 0) is 0 Å². The van der Waals surface area contributed by atoms with Crippen molar-refractivity contribution in [2.24, 2.45) is 0 Å². The monoisotopic (exact) mass is 438 g/mol. The van der Waals surface area contributed by atoms with Gasteiger partial charge < -0.3 is 9.72 Å². The van der Waals surface area contributed by atoms with Crippen molar-refractivity contribution in [2.75, 3.05) is 0 Å². The van der Waals surface area contributed by atoms with E-state index < -0.39 is 16.9 Å². The van der Waals surface area contributed by atoms with Gasteiger partial charge in [0.2, 0.25) is 11.4 Å². The summed E-state index contributed by atoms with van der Waals surface area (Å²) < 4.78 is 6.60. The molecule has 0 aliphatic rings. The molecule has 0 fully saturated rings. The van der Waals surface area contributed by atoms with Crippen LogP contribution in [0, 0.1) is 17.9 Å². The molecule has 4 rings (SSSR count). The first-order chi connectivity index (χ1) is 14.4. The molecule has 0 saturated heterocycles. The molecule has 11 heteroatoms. The first-order valence-corrected chi connectivity index (χ1v) is 8.96. The molecule has 0 saturated carbocycles. The molecule has 30 heavy (non-hydrogen) atoms. The molecule has 0 unspecified atom stereocenters. The molecule has 0 spiro atoms. The molecule has 2 N–H and O–H groups in total. The van der Waals surface area contributed by atoms with Crippen LogP contribution in [0.5, 0.6) is 11.5 Å². The molecule has 0 radical (unpaired) electrons. The summed E-state index contributed by atoms with van der Waals surface area (Å²) in [6.07, 6.45) is 1.60. The summed E-state index contributed by atoms with van der Waals surface area (Å²) in [6, 6.07) is 9.42. The maximum Gasteiger partial charge on any atom is 0.349 e. The Bertz CT molecular complexity index is 1500. The highest BCUT2D eigenvalue weighted by molar-refractivity contribution is 6.37. The minimum absolute atomic E-state index is 0.0653. The van der Waals surface area contributed by atoms with Crippen LogP contribution in [0.2, 0.25) is 10.0 Å². The number of benzene rings is 2. The van der Waals surface area contributed by atoms with Gasteiger partial charge in [0.15, 0.2) is 5.75 Å². The lowest BCUT2D eigenvalue weighted by molar-refractivity contribution is 0.483. The van der Waals surface area contributed by atoms with Crippen molar-refractivity contribution in [3.05, 3.63) is 84.5 Å². The maximum absolute atomic E-state index is 12.1. The van der Waals surface area contributed by atoms with Crippen LogP contribution in [0.4, 0.5) is 5.69 Å². The number of aromatic nitrogens is 4. The van der Waals surface area contributed by atoms with Crippen LogP contribution in [0.25, 0.3) is 21.4 Å². The second-order valence-electron chi connectivity index (χ2n) is 5.97. The SMILES string of the molecule is [C-]#[N+]c1c[nH]c2ccc(Oc3c(Cl)cc(-n4nc(C#N)c(=O)[nH]c4=O)cc3Cl)cc12. The predicted molar refractivity (Wildman–Crippen MR) is 110 cm³/mol. The third-order valence-corrected chi connectivity index (χ3v) is 4.69. The maximum atomic E-state index is 12.1. The van der Waals surface area contributed by atoms with E-state index in [9.17, 15) is 9.59 Å². The number of halogens is 2. The number of ether oxygens (including phenoxy) is 1. The lowest BCUT2D eigenvalue weighted by Crippen LogP contribution is -2.33. The van der Waals surface area contributed by atoms with Crippen LogP contribution in [0.1, 0.15) is 5.69 Å². The summed E-state index contributed by atoms with van der Waals surface area (Å²) >= 11 is 12.6. The van der Waals surface area contributed by atoms with Gasteiger partial charge in [-0.25, -0.2) is 9.64 Å². The molecule has 4 aromatic rings. The number of hydrogen-bond acceptors (Lipinski definition) is 5. The van der Waals surface area contributed by atoms with E-state index >= 15 is 0 Å². The number of rotatable bonds is 3. The van der Waals surface area contributed by atoms with E-state index in [1.807, 2.05) is 4.98 Å². The van der Waals surface area contributed by atoms with Crippen molar-refractivity contribution in [1.82, 2.24) is 19.7 Å². The average molecular weight is 439 g/mol. The molecule has 2 aromatic heterocycles. The standard InChI is InChI=1S/C19H8Cl2N6O3/c1-23-16-8-24-14-3-2-10(6-11(14)16)30-17-12(20)4-9(5-13(17)21)27-19(29)25-18(28)15(7-22)26-27/h2-6,8,24H,(H,25,28,29). The minimum Gasteiger partial charge on any atom is -0.454 e. The molecule has 2 aromatic carbocycles. The first-order valence-electron chi connectivity index (χ1n) is 8.21. The van der Waals surface area contributed by atoms with Gasteiger partial charge in [0, 0.05) is 17.1 Å². The summed E-state index contributed by atoms with van der Waals surface area (Å²) in [7, 11) is 0. The van der Waals surface area contributed by atoms with Crippen molar-refractivity contribution in [3.8, 4) is 23.3 Å². The molecule has 0 atom stereocenters. The summed E-state index contributed by atoms with van der Waals surface area (Å²) in [6.45, 7) is 7.21. The van der Waals surface area contributed by atoms with Gasteiger partial charge in [-0.05, 0) is 30.3 Å². The molecule has 9 nitrogen and oxygen atoms in total. The van der Waals surface area contributed by atoms with Gasteiger partial charge in [-0.3, -0.25) is 9.78 Å². The highest BCUT2D eigenvalue weighted by atomic mass is 35.5. The quantitative estimate of drug-likeness (QED) is 0.469. The van der Waals surface area contributed by atoms with Crippen LogP contribution >= 0.6 is 23.2 Å². The van der Waals surface area contributed by atoms with E-state index in [1.165, 1.54) is 12.1 Å². The summed E-state index contributed by atoms with van der Waals surface area (Å²) in [5.41, 5.74) is -0.888. The zero-order valence-corrected chi connectivity index (χ0v) is 16.2. The third kappa shape index (κ3) is 3.29. The number of fused-ring (bicyclic) bond motifs is 1. The molecular weight excluding hydrogens is 431 g/mol. The summed E-state index contributed by atoms with van der Waals surface area (Å²) in [4.78, 5) is 32.0. The Balaban J connectivity index is 1.76. The number of hydrogen-bond donors (Lipinski definition) is 2. The number of nitrogens with zero attached hydrogens (tertiary/aromatic N) is 4. The second kappa shape index (κ2) is 7.41. The topological polar surface area (TPSA) is 121 Å². The smallest absolute Gasteiger partial charge is 0.349 e. The minimum atomic E-state index is -0.894. The number of aromatic amines is 2. The Kier molecular flexibility index (Phi) is 4.76. The van der Waals surface area contributed by atoms with Gasteiger partial charge in [0.25, 0.3) is 5.56 Å². The molecule has 0 bridgehead atoms. The molecule has 0 aliphatic heterocycles. The average Bonchev–Trinajstić information content (AvgIpc) is 3.13. The van der Waals surface area contributed by atoms with Gasteiger partial charge in [0.1, 0.15) is 11.8 Å². The van der Waals surface area contributed by atoms with Crippen molar-refractivity contribution in [1.29, 1.82) is 5.26 Å². The van der Waals surface area contributed by atoms with E-state index in [4.69, 9.17) is 39.8 Å². The van der Waals surface area contributed by atoms with Crippen molar-refractivity contribution >= 4 is 39.8 Å². The normalized spacial score (nSPS) is 10.5. The van der Waals surface area contributed by atoms with Crippen molar-refractivity contribution < 1.29 is 4.74 Å². The van der Waals surface area contributed by atoms with E-state index in [2.05, 4.69) is 14.9 Å². The zero-order valence-electron chi connectivity index (χ0n) is 14.7. The molecular formula is C19H8Cl2N6O3. The summed E-state index contributed by atoms with van der Waals surface area (Å²) in [5, 5.41) is 13.5. The fourth-order valence-corrected chi connectivity index (χ4v) is 3.33. The Morgan fingerprint density at radius 2 is 1.93 bits per heavy atom. The molecule has 0 amide bonds. The van der Waals surface area contributed by atoms with Gasteiger partial charge in [-0.15, -0.1) is 5.10 Å². The highest BCUT2D eigenvalue weighted by Gasteiger charge is 2.15. The fourth-order valence-electron chi connectivity index (χ4n) is 2.77. The lowest BCUT2D eigenvalue weighted by atomic mass is 10.2. The number of H-pyrrole nitrogens is 2. The van der Waals surface area contributed by atoms with E-state index in [1.54, 1.807) is 30.5 Å². The Labute approximate surface area is 177 Å². The number of nitrogens with one attached hydrogen (secondary N) is 2. The lowest BCUT2D eigenvalue weighted by Gasteiger charge is -2.12. The van der Waals surface area contributed by atoms with Gasteiger partial charge in [0.05, 0.1) is 22.3 Å². The van der Waals surface area contributed by atoms with Gasteiger partial charge in [-0.1, -0.05) is 23.2 Å². The van der Waals surface area contributed by atoms with E-state index in [-0.39, 0.29) is 21.5 Å². The molecule has 146 valence electrons. The Morgan fingerprint density at radius 1 is 1.20 bits per heavy atom. The Hall–Kier alpha value is -4.05. The van der Waals surface area contributed by atoms with E-state index in [0.717, 1.165) is 10.2 Å². The number of nitriles is 1. The van der Waals surface area contributed by atoms with E-state index in [0.29, 0.717) is 16.8 Å². The van der Waals surface area contributed by atoms with Crippen molar-refractivity contribution in [3.63, 3.8) is 0 Å². The van der Waals surface area contributed by atoms with Gasteiger partial charge in [-0.2, -0.15) is 9.94 Å². The van der Waals surface area contributed by atoms with Crippen LogP contribution in [0.15, 0.2) is 46.1 Å². The molecule has 0 aliphatic carbocycles. The largest absolute Gasteiger partial charge is 0.454 e.